The number of hydrogen-bond donors (Lipinski definition) is 0. The molecule has 1 aromatic heterocycles. The van der Waals surface area contributed by atoms with Crippen LogP contribution in [0, 0.1) is 17.1 Å². The average molecular weight is 208 g/mol. The molecule has 15 heavy (non-hydrogen) atoms. The van der Waals surface area contributed by atoms with Crippen molar-refractivity contribution in [3.63, 3.8) is 0 Å². The predicted octanol–water partition coefficient (Wildman–Crippen LogP) is 1.20. The molecule has 0 aliphatic heterocycles. The lowest BCUT2D eigenvalue weighted by atomic mass is 10.1. The highest BCUT2D eigenvalue weighted by Crippen LogP contribution is 2.08. The van der Waals surface area contributed by atoms with Gasteiger partial charge in [0.15, 0.2) is 0 Å². The zero-order valence-electron chi connectivity index (χ0n) is 8.16. The van der Waals surface area contributed by atoms with Gasteiger partial charge in [-0.05, 0) is 13.0 Å². The fraction of sp³-hybridized carbons (Fsp3) is 0.300. The number of hydrogen-bond acceptors (Lipinski definition) is 4. The van der Waals surface area contributed by atoms with Crippen molar-refractivity contribution in [3.8, 4) is 6.07 Å². The van der Waals surface area contributed by atoms with Crippen molar-refractivity contribution >= 4 is 5.97 Å². The maximum absolute atomic E-state index is 12.8. The molecule has 0 saturated heterocycles. The second-order valence-corrected chi connectivity index (χ2v) is 2.75. The van der Waals surface area contributed by atoms with Crippen molar-refractivity contribution in [3.05, 3.63) is 29.3 Å². The van der Waals surface area contributed by atoms with E-state index in [9.17, 15) is 9.18 Å². The highest BCUT2D eigenvalue weighted by Gasteiger charge is 2.10. The third-order valence-corrected chi connectivity index (χ3v) is 1.68. The monoisotopic (exact) mass is 208 g/mol. The molecule has 0 saturated carbocycles. The maximum Gasteiger partial charge on any atom is 0.310 e. The Morgan fingerprint density at radius 1 is 1.73 bits per heavy atom. The van der Waals surface area contributed by atoms with Crippen molar-refractivity contribution in [2.45, 2.75) is 13.3 Å². The summed E-state index contributed by atoms with van der Waals surface area (Å²) in [6.45, 7) is 1.93. The molecule has 5 heteroatoms. The lowest BCUT2D eigenvalue weighted by Crippen LogP contribution is -2.09. The van der Waals surface area contributed by atoms with E-state index in [-0.39, 0.29) is 24.3 Å². The highest BCUT2D eigenvalue weighted by molar-refractivity contribution is 5.73. The zero-order valence-corrected chi connectivity index (χ0v) is 8.16. The quantitative estimate of drug-likeness (QED) is 0.700. The van der Waals surface area contributed by atoms with Crippen molar-refractivity contribution < 1.29 is 13.9 Å². The van der Waals surface area contributed by atoms with E-state index in [4.69, 9.17) is 5.26 Å². The van der Waals surface area contributed by atoms with Gasteiger partial charge in [0.05, 0.1) is 19.2 Å². The number of carbonyl (C=O) groups excluding carboxylic acids is 1. The third kappa shape index (κ3) is 3.02. The van der Waals surface area contributed by atoms with Gasteiger partial charge in [0.1, 0.15) is 17.6 Å². The Morgan fingerprint density at radius 3 is 3.07 bits per heavy atom. The van der Waals surface area contributed by atoms with Crippen LogP contribution in [0.25, 0.3) is 0 Å². The molecule has 0 aliphatic rings. The molecule has 1 aromatic rings. The van der Waals surface area contributed by atoms with Crippen molar-refractivity contribution in [2.75, 3.05) is 6.61 Å². The maximum atomic E-state index is 12.8. The number of halogens is 1. The molecule has 0 aliphatic carbocycles. The first-order valence-electron chi connectivity index (χ1n) is 4.37. The molecule has 0 amide bonds. The normalized spacial score (nSPS) is 9.40. The summed E-state index contributed by atoms with van der Waals surface area (Å²) in [6, 6.07) is 2.90. The van der Waals surface area contributed by atoms with Crippen LogP contribution in [0.3, 0.4) is 0 Å². The van der Waals surface area contributed by atoms with Crippen LogP contribution in [0.4, 0.5) is 4.39 Å². The van der Waals surface area contributed by atoms with E-state index in [1.807, 2.05) is 0 Å². The second kappa shape index (κ2) is 5.05. The first-order valence-corrected chi connectivity index (χ1v) is 4.37. The minimum atomic E-state index is -0.576. The van der Waals surface area contributed by atoms with Crippen LogP contribution in [0.1, 0.15) is 18.2 Å². The fourth-order valence-corrected chi connectivity index (χ4v) is 1.08. The summed E-state index contributed by atoms with van der Waals surface area (Å²) in [5.74, 6) is -1.07. The van der Waals surface area contributed by atoms with Gasteiger partial charge in [0.25, 0.3) is 0 Å². The van der Waals surface area contributed by atoms with E-state index < -0.39 is 11.8 Å². The zero-order chi connectivity index (χ0) is 11.3. The Kier molecular flexibility index (Phi) is 3.75. The molecule has 0 N–H and O–H groups in total. The van der Waals surface area contributed by atoms with E-state index in [1.54, 1.807) is 13.0 Å². The van der Waals surface area contributed by atoms with Crippen LogP contribution in [0.5, 0.6) is 0 Å². The molecule has 4 nitrogen and oxygen atoms in total. The van der Waals surface area contributed by atoms with Gasteiger partial charge < -0.3 is 4.74 Å². The van der Waals surface area contributed by atoms with Crippen LogP contribution in [-0.4, -0.2) is 17.6 Å². The second-order valence-electron chi connectivity index (χ2n) is 2.75. The van der Waals surface area contributed by atoms with Crippen LogP contribution in [0.15, 0.2) is 12.3 Å². The van der Waals surface area contributed by atoms with E-state index in [2.05, 4.69) is 9.72 Å². The lowest BCUT2D eigenvalue weighted by Gasteiger charge is -2.03. The van der Waals surface area contributed by atoms with E-state index >= 15 is 0 Å². The largest absolute Gasteiger partial charge is 0.466 e. The van der Waals surface area contributed by atoms with Gasteiger partial charge in [0, 0.05) is 5.56 Å². The average Bonchev–Trinajstić information content (AvgIpc) is 2.18. The molecule has 1 heterocycles. The molecule has 1 rings (SSSR count). The predicted molar refractivity (Wildman–Crippen MR) is 49.2 cm³/mol. The van der Waals surface area contributed by atoms with E-state index in [0.29, 0.717) is 0 Å². The number of esters is 1. The Morgan fingerprint density at radius 2 is 2.47 bits per heavy atom. The first-order chi connectivity index (χ1) is 7.17. The van der Waals surface area contributed by atoms with Crippen LogP contribution >= 0.6 is 0 Å². The lowest BCUT2D eigenvalue weighted by molar-refractivity contribution is -0.142. The molecule has 0 spiro atoms. The molecular weight excluding hydrogens is 199 g/mol. The number of pyridine rings is 1. The summed E-state index contributed by atoms with van der Waals surface area (Å²) < 4.78 is 17.5. The van der Waals surface area contributed by atoms with E-state index in [1.165, 1.54) is 0 Å². The summed E-state index contributed by atoms with van der Waals surface area (Å²) in [6.07, 6.45) is 0.800. The summed E-state index contributed by atoms with van der Waals surface area (Å²) in [5.41, 5.74) is 0.292. The standard InChI is InChI=1S/C10H9FN2O2/c1-2-15-10(14)4-7-3-8(11)6-13-9(7)5-12/h3,6H,2,4H2,1H3. The third-order valence-electron chi connectivity index (χ3n) is 1.68. The van der Waals surface area contributed by atoms with Crippen LogP contribution in [-0.2, 0) is 16.0 Å². The first kappa shape index (κ1) is 11.1. The number of nitrogens with zero attached hydrogens (tertiary/aromatic N) is 2. The van der Waals surface area contributed by atoms with Crippen molar-refractivity contribution in [1.82, 2.24) is 4.98 Å². The summed E-state index contributed by atoms with van der Waals surface area (Å²) in [5, 5.41) is 8.67. The van der Waals surface area contributed by atoms with Crippen molar-refractivity contribution in [1.29, 1.82) is 5.26 Å². The summed E-state index contributed by atoms with van der Waals surface area (Å²) in [4.78, 5) is 14.7. The van der Waals surface area contributed by atoms with Gasteiger partial charge in [-0.2, -0.15) is 5.26 Å². The number of rotatable bonds is 3. The molecule has 0 fully saturated rings. The molecule has 78 valence electrons. The van der Waals surface area contributed by atoms with Gasteiger partial charge >= 0.3 is 5.97 Å². The molecule has 0 atom stereocenters. The number of aromatic nitrogens is 1. The van der Waals surface area contributed by atoms with Gasteiger partial charge in [-0.25, -0.2) is 9.37 Å². The number of ether oxygens (including phenoxy) is 1. The number of nitriles is 1. The smallest absolute Gasteiger partial charge is 0.310 e. The Bertz CT molecular complexity index is 412. The number of carbonyl (C=O) groups is 1. The Hall–Kier alpha value is -1.96. The molecule has 0 bridgehead atoms. The Balaban J connectivity index is 2.88. The fourth-order valence-electron chi connectivity index (χ4n) is 1.08. The van der Waals surface area contributed by atoms with Crippen molar-refractivity contribution in [2.24, 2.45) is 0 Å². The van der Waals surface area contributed by atoms with Gasteiger partial charge in [0.2, 0.25) is 0 Å². The summed E-state index contributed by atoms with van der Waals surface area (Å²) >= 11 is 0. The highest BCUT2D eigenvalue weighted by atomic mass is 19.1. The Labute approximate surface area is 86.3 Å². The topological polar surface area (TPSA) is 63.0 Å². The molecule has 0 unspecified atom stereocenters. The molecule has 0 radical (unpaired) electrons. The minimum absolute atomic E-state index is 0.0458. The van der Waals surface area contributed by atoms with Crippen LogP contribution in [0.2, 0.25) is 0 Å². The SMILES string of the molecule is CCOC(=O)Cc1cc(F)cnc1C#N. The summed E-state index contributed by atoms with van der Waals surface area (Å²) in [7, 11) is 0. The van der Waals surface area contributed by atoms with Gasteiger partial charge in [-0.1, -0.05) is 0 Å². The van der Waals surface area contributed by atoms with Gasteiger partial charge in [-0.3, -0.25) is 4.79 Å². The van der Waals surface area contributed by atoms with Crippen LogP contribution < -0.4 is 0 Å². The van der Waals surface area contributed by atoms with Gasteiger partial charge in [-0.15, -0.1) is 0 Å². The minimum Gasteiger partial charge on any atom is -0.466 e. The molecular formula is C10H9FN2O2. The molecule has 0 aromatic carbocycles. The van der Waals surface area contributed by atoms with E-state index in [0.717, 1.165) is 12.3 Å².